The van der Waals surface area contributed by atoms with Gasteiger partial charge in [0.15, 0.2) is 0 Å². The van der Waals surface area contributed by atoms with E-state index < -0.39 is 0 Å². The molecule has 1 N–H and O–H groups in total. The molecule has 190 valence electrons. The molecule has 7 heteroatoms. The number of nitrogens with zero attached hydrogens (tertiary/aromatic N) is 4. The number of aromatic nitrogens is 3. The van der Waals surface area contributed by atoms with E-state index in [0.29, 0.717) is 12.0 Å². The molecule has 2 saturated carbocycles. The van der Waals surface area contributed by atoms with Gasteiger partial charge in [-0.05, 0) is 69.4 Å². The maximum atomic E-state index is 13.1. The van der Waals surface area contributed by atoms with Crippen LogP contribution in [0, 0.1) is 25.7 Å². The predicted octanol–water partition coefficient (Wildman–Crippen LogP) is 5.36. The molecule has 1 heterocycles. The van der Waals surface area contributed by atoms with Crippen molar-refractivity contribution < 1.29 is 9.59 Å². The van der Waals surface area contributed by atoms with E-state index in [2.05, 4.69) is 40.0 Å². The fourth-order valence-corrected chi connectivity index (χ4v) is 5.41. The second-order valence-corrected chi connectivity index (χ2v) is 11.4. The van der Waals surface area contributed by atoms with E-state index in [9.17, 15) is 9.59 Å². The molecule has 2 aromatic rings. The van der Waals surface area contributed by atoms with Gasteiger partial charge in [0.05, 0.1) is 0 Å². The van der Waals surface area contributed by atoms with Gasteiger partial charge >= 0.3 is 0 Å². The van der Waals surface area contributed by atoms with Crippen molar-refractivity contribution in [3.05, 3.63) is 41.0 Å². The second-order valence-electron chi connectivity index (χ2n) is 11.4. The zero-order chi connectivity index (χ0) is 25.3. The number of amides is 2. The van der Waals surface area contributed by atoms with Crippen LogP contribution in [-0.2, 0) is 9.59 Å². The molecule has 4 rings (SSSR count). The Morgan fingerprint density at radius 1 is 1.11 bits per heavy atom. The summed E-state index contributed by atoms with van der Waals surface area (Å²) in [6, 6.07) is 6.40. The van der Waals surface area contributed by atoms with E-state index in [1.165, 1.54) is 6.42 Å². The van der Waals surface area contributed by atoms with Crippen LogP contribution in [0.15, 0.2) is 18.2 Å². The molecule has 2 aliphatic rings. The number of hydrogen-bond donors (Lipinski definition) is 1. The van der Waals surface area contributed by atoms with Gasteiger partial charge < -0.3 is 14.8 Å². The van der Waals surface area contributed by atoms with Gasteiger partial charge in [0, 0.05) is 50.5 Å². The Labute approximate surface area is 209 Å². The van der Waals surface area contributed by atoms with Gasteiger partial charge in [-0.25, -0.2) is 0 Å². The molecule has 2 fully saturated rings. The number of benzene rings is 1. The molecule has 1 aromatic carbocycles. The summed E-state index contributed by atoms with van der Waals surface area (Å²) in [5.74, 6) is 3.40. The Balaban J connectivity index is 1.55. The minimum atomic E-state index is -0.302. The number of aryl methyl sites for hydroxylation is 2. The molecule has 1 unspecified atom stereocenters. The number of anilines is 1. The number of carbonyl (C=O) groups excluding carboxylic acids is 2. The third kappa shape index (κ3) is 6.11. The first-order valence-corrected chi connectivity index (χ1v) is 13.1. The number of hydrogen-bond acceptors (Lipinski definition) is 4. The van der Waals surface area contributed by atoms with Crippen LogP contribution in [0.4, 0.5) is 5.69 Å². The SMILES string of the molecule is Cc1ccc(NC(=O)CC(CC(=O)N(C)C)c2nnc(C3CC(CC(C)C)C3)n2C2CC2)c(C)c1. The number of nitrogens with one attached hydrogen (secondary N) is 1. The summed E-state index contributed by atoms with van der Waals surface area (Å²) in [7, 11) is 3.52. The third-order valence-corrected chi connectivity index (χ3v) is 7.44. The third-order valence-electron chi connectivity index (χ3n) is 7.44. The summed E-state index contributed by atoms with van der Waals surface area (Å²) in [6.45, 7) is 8.61. The quantitative estimate of drug-likeness (QED) is 0.497. The predicted molar refractivity (Wildman–Crippen MR) is 138 cm³/mol. The molecule has 7 nitrogen and oxygen atoms in total. The maximum absolute atomic E-state index is 13.1. The van der Waals surface area contributed by atoms with Crippen LogP contribution >= 0.6 is 0 Å². The topological polar surface area (TPSA) is 80.1 Å². The molecule has 0 aliphatic heterocycles. The zero-order valence-corrected chi connectivity index (χ0v) is 22.2. The Morgan fingerprint density at radius 3 is 2.43 bits per heavy atom. The molecule has 0 spiro atoms. The van der Waals surface area contributed by atoms with Crippen LogP contribution in [0.3, 0.4) is 0 Å². The highest BCUT2D eigenvalue weighted by molar-refractivity contribution is 5.92. The van der Waals surface area contributed by atoms with Crippen molar-refractivity contribution in [3.8, 4) is 0 Å². The van der Waals surface area contributed by atoms with Crippen LogP contribution in [0.25, 0.3) is 0 Å². The van der Waals surface area contributed by atoms with Gasteiger partial charge in [-0.15, -0.1) is 10.2 Å². The molecular weight excluding hydrogens is 438 g/mol. The van der Waals surface area contributed by atoms with E-state index in [4.69, 9.17) is 0 Å². The standard InChI is InChI=1S/C28H41N5O2/c1-17(2)11-20-13-21(14-20)27-30-31-28(33(27)23-8-9-23)22(16-26(35)32(5)6)15-25(34)29-24-10-7-18(3)12-19(24)4/h7,10,12,17,20-23H,8-9,11,13-16H2,1-6H3,(H,29,34). The highest BCUT2D eigenvalue weighted by Crippen LogP contribution is 2.48. The Hall–Kier alpha value is -2.70. The normalized spacial score (nSPS) is 20.4. The van der Waals surface area contributed by atoms with Crippen molar-refractivity contribution in [2.45, 2.75) is 90.5 Å². The fourth-order valence-electron chi connectivity index (χ4n) is 5.41. The number of carbonyl (C=O) groups is 2. The van der Waals surface area contributed by atoms with Gasteiger partial charge in [0.1, 0.15) is 11.6 Å². The highest BCUT2D eigenvalue weighted by atomic mass is 16.2. The Morgan fingerprint density at radius 2 is 1.83 bits per heavy atom. The monoisotopic (exact) mass is 479 g/mol. The van der Waals surface area contributed by atoms with Crippen LogP contribution in [-0.4, -0.2) is 45.6 Å². The summed E-state index contributed by atoms with van der Waals surface area (Å²) < 4.78 is 2.30. The molecule has 2 amide bonds. The van der Waals surface area contributed by atoms with Crippen LogP contribution in [0.2, 0.25) is 0 Å². The second kappa shape index (κ2) is 10.5. The summed E-state index contributed by atoms with van der Waals surface area (Å²) in [6.07, 6.45) is 6.28. The first-order chi connectivity index (χ1) is 16.6. The molecule has 2 aliphatic carbocycles. The molecule has 0 bridgehead atoms. The molecule has 1 atom stereocenters. The average molecular weight is 480 g/mol. The molecule has 0 saturated heterocycles. The molecule has 35 heavy (non-hydrogen) atoms. The van der Waals surface area contributed by atoms with Crippen LogP contribution in [0.5, 0.6) is 0 Å². The van der Waals surface area contributed by atoms with E-state index in [0.717, 1.165) is 66.0 Å². The summed E-state index contributed by atoms with van der Waals surface area (Å²) in [5, 5.41) is 12.3. The first-order valence-electron chi connectivity index (χ1n) is 13.1. The average Bonchev–Trinajstić information content (AvgIpc) is 3.50. The van der Waals surface area contributed by atoms with Crippen LogP contribution in [0.1, 0.15) is 99.4 Å². The van der Waals surface area contributed by atoms with Crippen molar-refractivity contribution >= 4 is 17.5 Å². The summed E-state index contributed by atoms with van der Waals surface area (Å²) in [4.78, 5) is 27.5. The molecule has 1 aromatic heterocycles. The van der Waals surface area contributed by atoms with Crippen molar-refractivity contribution in [2.24, 2.45) is 11.8 Å². The van der Waals surface area contributed by atoms with Crippen LogP contribution < -0.4 is 5.32 Å². The summed E-state index contributed by atoms with van der Waals surface area (Å²) in [5.41, 5.74) is 3.00. The smallest absolute Gasteiger partial charge is 0.225 e. The van der Waals surface area contributed by atoms with E-state index in [-0.39, 0.29) is 30.6 Å². The van der Waals surface area contributed by atoms with E-state index >= 15 is 0 Å². The first kappa shape index (κ1) is 25.4. The van der Waals surface area contributed by atoms with Crippen molar-refractivity contribution in [3.63, 3.8) is 0 Å². The lowest BCUT2D eigenvalue weighted by Gasteiger charge is -2.36. The fraction of sp³-hybridized carbons (Fsp3) is 0.643. The minimum absolute atomic E-state index is 0.00172. The van der Waals surface area contributed by atoms with Crippen molar-refractivity contribution in [1.29, 1.82) is 0 Å². The van der Waals surface area contributed by atoms with Gasteiger partial charge in [-0.1, -0.05) is 31.5 Å². The lowest BCUT2D eigenvalue weighted by Crippen LogP contribution is -2.28. The minimum Gasteiger partial charge on any atom is -0.349 e. The number of rotatable bonds is 10. The Bertz CT molecular complexity index is 1060. The van der Waals surface area contributed by atoms with Gasteiger partial charge in [-0.2, -0.15) is 0 Å². The lowest BCUT2D eigenvalue weighted by molar-refractivity contribution is -0.129. The zero-order valence-electron chi connectivity index (χ0n) is 22.2. The maximum Gasteiger partial charge on any atom is 0.225 e. The summed E-state index contributed by atoms with van der Waals surface area (Å²) >= 11 is 0. The molecular formula is C28H41N5O2. The van der Waals surface area contributed by atoms with Gasteiger partial charge in [-0.3, -0.25) is 9.59 Å². The largest absolute Gasteiger partial charge is 0.349 e. The van der Waals surface area contributed by atoms with Gasteiger partial charge in [0.2, 0.25) is 11.8 Å². The highest BCUT2D eigenvalue weighted by Gasteiger charge is 2.40. The van der Waals surface area contributed by atoms with Crippen molar-refractivity contribution in [1.82, 2.24) is 19.7 Å². The lowest BCUT2D eigenvalue weighted by atomic mass is 9.71. The van der Waals surface area contributed by atoms with Gasteiger partial charge in [0.25, 0.3) is 0 Å². The van der Waals surface area contributed by atoms with E-state index in [1.807, 2.05) is 26.0 Å². The Kier molecular flexibility index (Phi) is 7.62. The molecule has 0 radical (unpaired) electrons. The van der Waals surface area contributed by atoms with E-state index in [1.54, 1.807) is 19.0 Å². The van der Waals surface area contributed by atoms with Crippen molar-refractivity contribution in [2.75, 3.05) is 19.4 Å².